The van der Waals surface area contributed by atoms with Crippen LogP contribution in [-0.2, 0) is 19.6 Å². The third kappa shape index (κ3) is 4.93. The van der Waals surface area contributed by atoms with Gasteiger partial charge in [0.15, 0.2) is 0 Å². The number of hydrogen-bond donors (Lipinski definition) is 2. The Balaban J connectivity index is 2.86. The van der Waals surface area contributed by atoms with E-state index in [1.807, 2.05) is 0 Å². The largest absolute Gasteiger partial charge is 0.369 e. The van der Waals surface area contributed by atoms with Gasteiger partial charge in [-0.3, -0.25) is 4.79 Å². The zero-order valence-electron chi connectivity index (χ0n) is 10.5. The second-order valence-electron chi connectivity index (χ2n) is 4.09. The summed E-state index contributed by atoms with van der Waals surface area (Å²) >= 11 is 0. The Kier molecular flexibility index (Phi) is 4.98. The predicted octanol–water partition coefficient (Wildman–Crippen LogP) is 0.837. The third-order valence-electron chi connectivity index (χ3n) is 2.09. The molecule has 3 N–H and O–H groups in total. The molecule has 1 amide bonds. The Hall–Kier alpha value is -1.51. The highest BCUT2D eigenvalue weighted by molar-refractivity contribution is 7.89. The van der Waals surface area contributed by atoms with E-state index < -0.39 is 21.7 Å². The van der Waals surface area contributed by atoms with Crippen LogP contribution in [0.15, 0.2) is 23.1 Å². The van der Waals surface area contributed by atoms with Crippen LogP contribution in [0.4, 0.5) is 10.1 Å². The molecule has 0 saturated heterocycles. The molecule has 0 atom stereocenters. The van der Waals surface area contributed by atoms with Gasteiger partial charge in [0.25, 0.3) is 0 Å². The molecule has 0 aliphatic heterocycles. The van der Waals surface area contributed by atoms with Crippen molar-refractivity contribution in [1.82, 2.24) is 0 Å². The molecule has 1 aromatic carbocycles. The number of nitrogens with one attached hydrogen (secondary N) is 1. The minimum Gasteiger partial charge on any atom is -0.369 e. The molecule has 0 bridgehead atoms. The van der Waals surface area contributed by atoms with Crippen LogP contribution in [-0.4, -0.2) is 27.0 Å². The smallest absolute Gasteiger partial charge is 0.250 e. The minimum absolute atomic E-state index is 0.147. The van der Waals surface area contributed by atoms with Crippen LogP contribution < -0.4 is 10.5 Å². The summed E-state index contributed by atoms with van der Waals surface area (Å²) < 4.78 is 40.7. The number of amides is 1. The first-order chi connectivity index (χ1) is 8.70. The first-order valence-corrected chi connectivity index (χ1v) is 6.98. The molecule has 0 unspecified atom stereocenters. The average molecular weight is 290 g/mol. The summed E-state index contributed by atoms with van der Waals surface area (Å²) in [4.78, 5) is 11.2. The molecule has 19 heavy (non-hydrogen) atoms. The molecule has 0 fully saturated rings. The Labute approximate surface area is 110 Å². The van der Waals surface area contributed by atoms with Gasteiger partial charge < -0.3 is 10.1 Å². The monoisotopic (exact) mass is 290 g/mol. The molecule has 0 radical (unpaired) electrons. The fourth-order valence-electron chi connectivity index (χ4n) is 1.21. The van der Waals surface area contributed by atoms with Crippen molar-refractivity contribution >= 4 is 21.6 Å². The summed E-state index contributed by atoms with van der Waals surface area (Å²) in [5, 5.41) is 7.14. The van der Waals surface area contributed by atoms with Gasteiger partial charge in [0, 0.05) is 0 Å². The lowest BCUT2D eigenvalue weighted by Crippen LogP contribution is -2.21. The molecule has 1 aromatic rings. The van der Waals surface area contributed by atoms with E-state index in [4.69, 9.17) is 9.88 Å². The lowest BCUT2D eigenvalue weighted by molar-refractivity contribution is -0.121. The van der Waals surface area contributed by atoms with E-state index in [1.54, 1.807) is 13.8 Å². The Morgan fingerprint density at radius 3 is 2.63 bits per heavy atom. The van der Waals surface area contributed by atoms with Gasteiger partial charge >= 0.3 is 0 Å². The van der Waals surface area contributed by atoms with Crippen LogP contribution in [0.2, 0.25) is 0 Å². The summed E-state index contributed by atoms with van der Waals surface area (Å²) in [5.41, 5.74) is -0.260. The summed E-state index contributed by atoms with van der Waals surface area (Å²) in [6, 6.07) is 2.89. The van der Waals surface area contributed by atoms with Crippen LogP contribution in [0, 0.1) is 5.82 Å². The summed E-state index contributed by atoms with van der Waals surface area (Å²) in [6.07, 6.45) is -0.147. The van der Waals surface area contributed by atoms with E-state index in [9.17, 15) is 17.6 Å². The van der Waals surface area contributed by atoms with Gasteiger partial charge in [-0.1, -0.05) is 0 Å². The number of halogens is 1. The van der Waals surface area contributed by atoms with Crippen LogP contribution in [0.25, 0.3) is 0 Å². The first-order valence-electron chi connectivity index (χ1n) is 5.44. The van der Waals surface area contributed by atoms with Gasteiger partial charge in [-0.05, 0) is 32.0 Å². The van der Waals surface area contributed by atoms with E-state index in [1.165, 1.54) is 0 Å². The van der Waals surface area contributed by atoms with E-state index in [-0.39, 0.29) is 23.3 Å². The van der Waals surface area contributed by atoms with Gasteiger partial charge in [-0.15, -0.1) is 0 Å². The summed E-state index contributed by atoms with van der Waals surface area (Å²) in [7, 11) is -3.95. The zero-order chi connectivity index (χ0) is 14.6. The molecule has 0 aliphatic carbocycles. The topological polar surface area (TPSA) is 98.5 Å². The number of benzene rings is 1. The standard InChI is InChI=1S/C11H15FN2O4S/c1-7(2)18-6-11(15)14-10-5-8(19(13,16)17)3-4-9(10)12/h3-5,7H,6H2,1-2H3,(H,14,15)(H2,13,16,17). The second kappa shape index (κ2) is 6.09. The molecular formula is C11H15FN2O4S. The van der Waals surface area contributed by atoms with Gasteiger partial charge in [-0.2, -0.15) is 0 Å². The number of ether oxygens (including phenoxy) is 1. The fraction of sp³-hybridized carbons (Fsp3) is 0.364. The number of nitrogens with two attached hydrogens (primary N) is 1. The summed E-state index contributed by atoms with van der Waals surface area (Å²) in [5.74, 6) is -1.34. The van der Waals surface area contributed by atoms with Crippen molar-refractivity contribution in [3.8, 4) is 0 Å². The maximum atomic E-state index is 13.4. The average Bonchev–Trinajstić information content (AvgIpc) is 2.28. The predicted molar refractivity (Wildman–Crippen MR) is 67.5 cm³/mol. The van der Waals surface area contributed by atoms with Crippen molar-refractivity contribution in [3.63, 3.8) is 0 Å². The van der Waals surface area contributed by atoms with Crippen LogP contribution in [0.5, 0.6) is 0 Å². The zero-order valence-corrected chi connectivity index (χ0v) is 11.3. The van der Waals surface area contributed by atoms with Crippen molar-refractivity contribution in [2.24, 2.45) is 5.14 Å². The number of sulfonamides is 1. The van der Waals surface area contributed by atoms with Gasteiger partial charge in [0.05, 0.1) is 16.7 Å². The van der Waals surface area contributed by atoms with Gasteiger partial charge in [-0.25, -0.2) is 17.9 Å². The minimum atomic E-state index is -3.95. The Morgan fingerprint density at radius 1 is 1.47 bits per heavy atom. The van der Waals surface area contributed by atoms with Crippen molar-refractivity contribution in [3.05, 3.63) is 24.0 Å². The quantitative estimate of drug-likeness (QED) is 0.839. The van der Waals surface area contributed by atoms with Crippen molar-refractivity contribution in [1.29, 1.82) is 0 Å². The number of rotatable bonds is 5. The molecule has 8 heteroatoms. The van der Waals surface area contributed by atoms with Crippen LogP contribution in [0.1, 0.15) is 13.8 Å². The highest BCUT2D eigenvalue weighted by Gasteiger charge is 2.13. The third-order valence-corrected chi connectivity index (χ3v) is 3.00. The van der Waals surface area contributed by atoms with E-state index >= 15 is 0 Å². The van der Waals surface area contributed by atoms with E-state index in [2.05, 4.69) is 5.32 Å². The van der Waals surface area contributed by atoms with Crippen molar-refractivity contribution < 1.29 is 22.3 Å². The maximum absolute atomic E-state index is 13.4. The number of anilines is 1. The number of carbonyl (C=O) groups excluding carboxylic acids is 1. The fourth-order valence-corrected chi connectivity index (χ4v) is 1.75. The second-order valence-corrected chi connectivity index (χ2v) is 5.66. The molecule has 6 nitrogen and oxygen atoms in total. The van der Waals surface area contributed by atoms with Gasteiger partial charge in [0.1, 0.15) is 12.4 Å². The molecule has 1 rings (SSSR count). The van der Waals surface area contributed by atoms with Crippen molar-refractivity contribution in [2.75, 3.05) is 11.9 Å². The molecular weight excluding hydrogens is 275 g/mol. The van der Waals surface area contributed by atoms with Crippen LogP contribution in [0.3, 0.4) is 0 Å². The number of primary sulfonamides is 1. The molecule has 106 valence electrons. The first kappa shape index (κ1) is 15.5. The van der Waals surface area contributed by atoms with Gasteiger partial charge in [0.2, 0.25) is 15.9 Å². The normalized spacial score (nSPS) is 11.6. The van der Waals surface area contributed by atoms with Crippen LogP contribution >= 0.6 is 0 Å². The highest BCUT2D eigenvalue weighted by atomic mass is 32.2. The lowest BCUT2D eigenvalue weighted by atomic mass is 10.3. The highest BCUT2D eigenvalue weighted by Crippen LogP contribution is 2.18. The molecule has 0 aliphatic rings. The molecule has 0 saturated carbocycles. The SMILES string of the molecule is CC(C)OCC(=O)Nc1cc(S(N)(=O)=O)ccc1F. The molecule has 0 spiro atoms. The Morgan fingerprint density at radius 2 is 2.11 bits per heavy atom. The maximum Gasteiger partial charge on any atom is 0.250 e. The molecule has 0 heterocycles. The number of carbonyl (C=O) groups is 1. The Bertz CT molecular complexity index is 572. The lowest BCUT2D eigenvalue weighted by Gasteiger charge is -2.10. The number of hydrogen-bond acceptors (Lipinski definition) is 4. The van der Waals surface area contributed by atoms with Crippen molar-refractivity contribution in [2.45, 2.75) is 24.8 Å². The summed E-state index contributed by atoms with van der Waals surface area (Å²) in [6.45, 7) is 3.24. The molecule has 0 aromatic heterocycles. The van der Waals surface area contributed by atoms with E-state index in [0.29, 0.717) is 0 Å². The van der Waals surface area contributed by atoms with E-state index in [0.717, 1.165) is 18.2 Å².